The molecule has 0 radical (unpaired) electrons. The Hall–Kier alpha value is -2.63. The third-order valence-corrected chi connectivity index (χ3v) is 2.74. The molecule has 0 saturated carbocycles. The van der Waals surface area contributed by atoms with Crippen molar-refractivity contribution in [2.75, 3.05) is 24.3 Å². The molecule has 110 valence electrons. The summed E-state index contributed by atoms with van der Waals surface area (Å²) in [6.45, 7) is 2.89. The number of hydrogen-bond donors (Lipinski definition) is 2. The van der Waals surface area contributed by atoms with Gasteiger partial charge in [0, 0.05) is 12.6 Å². The first kappa shape index (κ1) is 14.8. The van der Waals surface area contributed by atoms with E-state index in [-0.39, 0.29) is 5.91 Å². The number of anilines is 2. The van der Waals surface area contributed by atoms with Crippen molar-refractivity contribution >= 4 is 17.4 Å². The molecule has 0 aliphatic rings. The number of rotatable bonds is 6. The van der Waals surface area contributed by atoms with Crippen molar-refractivity contribution < 1.29 is 9.53 Å². The van der Waals surface area contributed by atoms with Gasteiger partial charge >= 0.3 is 0 Å². The van der Waals surface area contributed by atoms with Crippen LogP contribution < -0.4 is 15.4 Å². The van der Waals surface area contributed by atoms with Crippen molar-refractivity contribution in [2.45, 2.75) is 13.3 Å². The van der Waals surface area contributed by atoms with E-state index in [1.807, 2.05) is 6.07 Å². The van der Waals surface area contributed by atoms with E-state index in [4.69, 9.17) is 4.74 Å². The SMILES string of the molecule is CCCNc1cccc(C(=O)Nc2ccc(OC)nc2)n1. The van der Waals surface area contributed by atoms with Crippen LogP contribution in [0.25, 0.3) is 0 Å². The van der Waals surface area contributed by atoms with Crippen LogP contribution >= 0.6 is 0 Å². The molecule has 0 unspecified atom stereocenters. The zero-order valence-electron chi connectivity index (χ0n) is 12.1. The molecule has 0 aliphatic carbocycles. The van der Waals surface area contributed by atoms with Crippen molar-refractivity contribution in [3.8, 4) is 5.88 Å². The molecule has 0 aromatic carbocycles. The molecule has 0 spiro atoms. The lowest BCUT2D eigenvalue weighted by molar-refractivity contribution is 0.102. The van der Waals surface area contributed by atoms with Crippen molar-refractivity contribution in [3.05, 3.63) is 42.2 Å². The summed E-state index contributed by atoms with van der Waals surface area (Å²) >= 11 is 0. The van der Waals surface area contributed by atoms with E-state index < -0.39 is 0 Å². The zero-order valence-corrected chi connectivity index (χ0v) is 12.1. The summed E-state index contributed by atoms with van der Waals surface area (Å²) < 4.78 is 4.97. The molecule has 0 fully saturated rings. The lowest BCUT2D eigenvalue weighted by atomic mass is 10.3. The zero-order chi connectivity index (χ0) is 15.1. The van der Waals surface area contributed by atoms with Gasteiger partial charge in [0.15, 0.2) is 0 Å². The number of methoxy groups -OCH3 is 1. The summed E-state index contributed by atoms with van der Waals surface area (Å²) in [6.07, 6.45) is 2.53. The predicted molar refractivity (Wildman–Crippen MR) is 81.8 cm³/mol. The standard InChI is InChI=1S/C15H18N4O2/c1-3-9-16-13-6-4-5-12(19-13)15(20)18-11-7-8-14(21-2)17-10-11/h4-8,10H,3,9H2,1-2H3,(H,16,19)(H,18,20). The van der Waals surface area contributed by atoms with Crippen LogP contribution in [0.1, 0.15) is 23.8 Å². The number of nitrogens with one attached hydrogen (secondary N) is 2. The Morgan fingerprint density at radius 3 is 2.81 bits per heavy atom. The first-order valence-corrected chi connectivity index (χ1v) is 6.75. The van der Waals surface area contributed by atoms with E-state index in [0.29, 0.717) is 23.1 Å². The van der Waals surface area contributed by atoms with E-state index in [1.54, 1.807) is 31.4 Å². The van der Waals surface area contributed by atoms with E-state index in [1.165, 1.54) is 6.20 Å². The summed E-state index contributed by atoms with van der Waals surface area (Å²) in [7, 11) is 1.54. The van der Waals surface area contributed by atoms with Crippen LogP contribution in [-0.2, 0) is 0 Å². The summed E-state index contributed by atoms with van der Waals surface area (Å²) in [6, 6.07) is 8.71. The minimum absolute atomic E-state index is 0.276. The molecule has 0 atom stereocenters. The average Bonchev–Trinajstić information content (AvgIpc) is 2.54. The van der Waals surface area contributed by atoms with Crippen molar-refractivity contribution in [3.63, 3.8) is 0 Å². The number of nitrogens with zero attached hydrogens (tertiary/aromatic N) is 2. The first-order valence-electron chi connectivity index (χ1n) is 6.75. The normalized spacial score (nSPS) is 10.0. The molecular weight excluding hydrogens is 268 g/mol. The van der Waals surface area contributed by atoms with E-state index in [0.717, 1.165) is 13.0 Å². The fourth-order valence-electron chi connectivity index (χ4n) is 1.68. The fraction of sp³-hybridized carbons (Fsp3) is 0.267. The summed E-state index contributed by atoms with van der Waals surface area (Å²) in [5.41, 5.74) is 0.946. The van der Waals surface area contributed by atoms with Crippen LogP contribution in [-0.4, -0.2) is 29.5 Å². The summed E-state index contributed by atoms with van der Waals surface area (Å²) in [4.78, 5) is 20.4. The molecule has 0 aliphatic heterocycles. The Morgan fingerprint density at radius 1 is 1.29 bits per heavy atom. The smallest absolute Gasteiger partial charge is 0.274 e. The second kappa shape index (κ2) is 7.23. The van der Waals surface area contributed by atoms with Crippen LogP contribution in [0.3, 0.4) is 0 Å². The fourth-order valence-corrected chi connectivity index (χ4v) is 1.68. The predicted octanol–water partition coefficient (Wildman–Crippen LogP) is 2.56. The van der Waals surface area contributed by atoms with Crippen LogP contribution in [0, 0.1) is 0 Å². The Bertz CT molecular complexity index is 599. The quantitative estimate of drug-likeness (QED) is 0.853. The molecule has 2 rings (SSSR count). The second-order valence-electron chi connectivity index (χ2n) is 4.38. The number of hydrogen-bond acceptors (Lipinski definition) is 5. The molecular formula is C15H18N4O2. The van der Waals surface area contributed by atoms with Crippen molar-refractivity contribution in [1.82, 2.24) is 9.97 Å². The molecule has 2 aromatic heterocycles. The Balaban J connectivity index is 2.05. The van der Waals surface area contributed by atoms with Gasteiger partial charge in [-0.25, -0.2) is 9.97 Å². The van der Waals surface area contributed by atoms with Crippen LogP contribution in [0.4, 0.5) is 11.5 Å². The highest BCUT2D eigenvalue weighted by Gasteiger charge is 2.08. The molecule has 0 bridgehead atoms. The molecule has 1 amide bonds. The van der Waals surface area contributed by atoms with Gasteiger partial charge in [-0.3, -0.25) is 4.79 Å². The monoisotopic (exact) mass is 286 g/mol. The number of pyridine rings is 2. The Labute approximate surface area is 123 Å². The molecule has 2 N–H and O–H groups in total. The Kier molecular flexibility index (Phi) is 5.09. The number of aromatic nitrogens is 2. The maximum absolute atomic E-state index is 12.1. The van der Waals surface area contributed by atoms with Crippen molar-refractivity contribution in [2.24, 2.45) is 0 Å². The highest BCUT2D eigenvalue weighted by Crippen LogP contribution is 2.12. The third kappa shape index (κ3) is 4.17. The minimum Gasteiger partial charge on any atom is -0.481 e. The van der Waals surface area contributed by atoms with Crippen LogP contribution in [0.15, 0.2) is 36.5 Å². The largest absolute Gasteiger partial charge is 0.481 e. The molecule has 2 heterocycles. The summed E-state index contributed by atoms with van der Waals surface area (Å²) in [5, 5.41) is 5.89. The van der Waals surface area contributed by atoms with Crippen LogP contribution in [0.2, 0.25) is 0 Å². The lowest BCUT2D eigenvalue weighted by Gasteiger charge is -2.07. The maximum atomic E-state index is 12.1. The number of carbonyl (C=O) groups excluding carboxylic acids is 1. The van der Waals surface area contributed by atoms with Gasteiger partial charge in [-0.1, -0.05) is 13.0 Å². The number of carbonyl (C=O) groups is 1. The highest BCUT2D eigenvalue weighted by molar-refractivity contribution is 6.02. The second-order valence-corrected chi connectivity index (χ2v) is 4.38. The van der Waals surface area contributed by atoms with Gasteiger partial charge < -0.3 is 15.4 Å². The van der Waals surface area contributed by atoms with Gasteiger partial charge in [0.25, 0.3) is 5.91 Å². The van der Waals surface area contributed by atoms with Gasteiger partial charge in [0.05, 0.1) is 19.0 Å². The number of ether oxygens (including phenoxy) is 1. The molecule has 6 nitrogen and oxygen atoms in total. The minimum atomic E-state index is -0.276. The highest BCUT2D eigenvalue weighted by atomic mass is 16.5. The average molecular weight is 286 g/mol. The molecule has 6 heteroatoms. The molecule has 2 aromatic rings. The number of amides is 1. The van der Waals surface area contributed by atoms with Gasteiger partial charge in [0.2, 0.25) is 5.88 Å². The lowest BCUT2D eigenvalue weighted by Crippen LogP contribution is -2.15. The van der Waals surface area contributed by atoms with E-state index in [2.05, 4.69) is 27.5 Å². The first-order chi connectivity index (χ1) is 10.2. The van der Waals surface area contributed by atoms with E-state index in [9.17, 15) is 4.79 Å². The van der Waals surface area contributed by atoms with Gasteiger partial charge in [-0.15, -0.1) is 0 Å². The van der Waals surface area contributed by atoms with Gasteiger partial charge in [0.1, 0.15) is 11.5 Å². The Morgan fingerprint density at radius 2 is 2.14 bits per heavy atom. The van der Waals surface area contributed by atoms with Crippen LogP contribution in [0.5, 0.6) is 5.88 Å². The third-order valence-electron chi connectivity index (χ3n) is 2.74. The van der Waals surface area contributed by atoms with Gasteiger partial charge in [-0.05, 0) is 24.6 Å². The molecule has 0 saturated heterocycles. The van der Waals surface area contributed by atoms with Gasteiger partial charge in [-0.2, -0.15) is 0 Å². The maximum Gasteiger partial charge on any atom is 0.274 e. The topological polar surface area (TPSA) is 76.1 Å². The van der Waals surface area contributed by atoms with Crippen molar-refractivity contribution in [1.29, 1.82) is 0 Å². The molecule has 21 heavy (non-hydrogen) atoms. The van der Waals surface area contributed by atoms with E-state index >= 15 is 0 Å². The summed E-state index contributed by atoms with van der Waals surface area (Å²) in [5.74, 6) is 0.913.